The molecule has 2 aliphatic rings. The Kier molecular flexibility index (Phi) is 5.63. The van der Waals surface area contributed by atoms with Crippen molar-refractivity contribution >= 4 is 0 Å². The summed E-state index contributed by atoms with van der Waals surface area (Å²) in [5.74, 6) is 0. The van der Waals surface area contributed by atoms with Crippen LogP contribution in [-0.2, 0) is 4.74 Å². The van der Waals surface area contributed by atoms with E-state index in [9.17, 15) is 5.11 Å². The standard InChI is InChI=1S/C15H30N2O2/c1-4-17(9-15(18)10-19-11(2)3)14-7-12-5-6-13(8-14)16-12/h11-16,18H,4-10H2,1-3H3. The Hall–Kier alpha value is -0.160. The van der Waals surface area contributed by atoms with Gasteiger partial charge in [0, 0.05) is 24.7 Å². The van der Waals surface area contributed by atoms with Gasteiger partial charge in [-0.1, -0.05) is 6.92 Å². The summed E-state index contributed by atoms with van der Waals surface area (Å²) in [4.78, 5) is 2.44. The topological polar surface area (TPSA) is 44.7 Å². The van der Waals surface area contributed by atoms with Crippen LogP contribution in [0, 0.1) is 0 Å². The van der Waals surface area contributed by atoms with Gasteiger partial charge in [0.05, 0.1) is 18.8 Å². The van der Waals surface area contributed by atoms with Gasteiger partial charge in [0.1, 0.15) is 0 Å². The number of rotatable bonds is 7. The summed E-state index contributed by atoms with van der Waals surface area (Å²) in [6.07, 6.45) is 4.97. The quantitative estimate of drug-likeness (QED) is 0.733. The molecule has 112 valence electrons. The highest BCUT2D eigenvalue weighted by Crippen LogP contribution is 2.29. The normalized spacial score (nSPS) is 32.2. The van der Waals surface area contributed by atoms with Gasteiger partial charge >= 0.3 is 0 Å². The van der Waals surface area contributed by atoms with E-state index in [1.807, 2.05) is 13.8 Å². The number of nitrogens with one attached hydrogen (secondary N) is 1. The lowest BCUT2D eigenvalue weighted by atomic mass is 9.98. The highest BCUT2D eigenvalue weighted by molar-refractivity contribution is 4.95. The van der Waals surface area contributed by atoms with E-state index in [-0.39, 0.29) is 12.2 Å². The van der Waals surface area contributed by atoms with Crippen molar-refractivity contribution < 1.29 is 9.84 Å². The molecule has 2 N–H and O–H groups in total. The van der Waals surface area contributed by atoms with Crippen LogP contribution in [0.1, 0.15) is 46.5 Å². The van der Waals surface area contributed by atoms with Crippen molar-refractivity contribution in [3.05, 3.63) is 0 Å². The number of aliphatic hydroxyl groups excluding tert-OH is 1. The van der Waals surface area contributed by atoms with E-state index >= 15 is 0 Å². The minimum atomic E-state index is -0.366. The van der Waals surface area contributed by atoms with Crippen molar-refractivity contribution in [2.24, 2.45) is 0 Å². The number of likely N-dealkylation sites (N-methyl/N-ethyl adjacent to an activating group) is 1. The van der Waals surface area contributed by atoms with Gasteiger partial charge in [0.2, 0.25) is 0 Å². The van der Waals surface area contributed by atoms with Gasteiger partial charge in [-0.3, -0.25) is 4.90 Å². The second-order valence-electron chi connectivity index (χ2n) is 6.39. The minimum Gasteiger partial charge on any atom is -0.389 e. The minimum absolute atomic E-state index is 0.194. The van der Waals surface area contributed by atoms with Crippen molar-refractivity contribution in [1.29, 1.82) is 0 Å². The first-order valence-corrected chi connectivity index (χ1v) is 7.88. The molecular weight excluding hydrogens is 240 g/mol. The lowest BCUT2D eigenvalue weighted by molar-refractivity contribution is -0.0166. The Morgan fingerprint density at radius 3 is 2.42 bits per heavy atom. The van der Waals surface area contributed by atoms with Crippen LogP contribution in [-0.4, -0.2) is 60.0 Å². The van der Waals surface area contributed by atoms with Crippen molar-refractivity contribution in [1.82, 2.24) is 10.2 Å². The van der Waals surface area contributed by atoms with Gasteiger partial charge in [-0.05, 0) is 46.1 Å². The maximum atomic E-state index is 10.1. The van der Waals surface area contributed by atoms with Crippen LogP contribution >= 0.6 is 0 Å². The van der Waals surface area contributed by atoms with E-state index in [1.165, 1.54) is 25.7 Å². The number of hydrogen-bond donors (Lipinski definition) is 2. The molecule has 2 rings (SSSR count). The number of nitrogens with zero attached hydrogens (tertiary/aromatic N) is 1. The molecule has 2 fully saturated rings. The molecule has 3 atom stereocenters. The third-order valence-electron chi connectivity index (χ3n) is 4.44. The maximum absolute atomic E-state index is 10.1. The van der Waals surface area contributed by atoms with E-state index in [2.05, 4.69) is 17.1 Å². The fourth-order valence-electron chi connectivity index (χ4n) is 3.49. The van der Waals surface area contributed by atoms with Crippen molar-refractivity contribution in [2.45, 2.75) is 76.8 Å². The van der Waals surface area contributed by atoms with Crippen LogP contribution < -0.4 is 5.32 Å². The summed E-state index contributed by atoms with van der Waals surface area (Å²) in [6.45, 7) is 8.42. The smallest absolute Gasteiger partial charge is 0.0900 e. The monoisotopic (exact) mass is 270 g/mol. The first-order valence-electron chi connectivity index (χ1n) is 7.88. The molecule has 0 saturated carbocycles. The summed E-state index contributed by atoms with van der Waals surface area (Å²) in [6, 6.07) is 2.06. The third-order valence-corrected chi connectivity index (χ3v) is 4.44. The summed E-state index contributed by atoms with van der Waals surface area (Å²) >= 11 is 0. The first kappa shape index (κ1) is 15.2. The highest BCUT2D eigenvalue weighted by Gasteiger charge is 2.35. The third kappa shape index (κ3) is 4.42. The van der Waals surface area contributed by atoms with Crippen LogP contribution in [0.2, 0.25) is 0 Å². The number of ether oxygens (including phenoxy) is 1. The molecule has 4 heteroatoms. The average molecular weight is 270 g/mol. The van der Waals surface area contributed by atoms with Crippen molar-refractivity contribution in [3.63, 3.8) is 0 Å². The van der Waals surface area contributed by atoms with Crippen molar-refractivity contribution in [3.8, 4) is 0 Å². The predicted molar refractivity (Wildman–Crippen MR) is 77.3 cm³/mol. The molecule has 2 aliphatic heterocycles. The van der Waals surface area contributed by atoms with Crippen LogP contribution in [0.4, 0.5) is 0 Å². The molecule has 2 saturated heterocycles. The largest absolute Gasteiger partial charge is 0.389 e. The number of aliphatic hydroxyl groups is 1. The Morgan fingerprint density at radius 1 is 1.26 bits per heavy atom. The fraction of sp³-hybridized carbons (Fsp3) is 1.00. The van der Waals surface area contributed by atoms with Gasteiger partial charge in [0.25, 0.3) is 0 Å². The van der Waals surface area contributed by atoms with Gasteiger partial charge in [-0.2, -0.15) is 0 Å². The van der Waals surface area contributed by atoms with Gasteiger partial charge in [-0.25, -0.2) is 0 Å². The van der Waals surface area contributed by atoms with Crippen LogP contribution in [0.15, 0.2) is 0 Å². The molecule has 0 aromatic rings. The van der Waals surface area contributed by atoms with Crippen LogP contribution in [0.5, 0.6) is 0 Å². The van der Waals surface area contributed by atoms with E-state index in [1.54, 1.807) is 0 Å². The SMILES string of the molecule is CCN(CC(O)COC(C)C)C1CC2CCC(C1)N2. The van der Waals surface area contributed by atoms with E-state index < -0.39 is 0 Å². The van der Waals surface area contributed by atoms with Gasteiger partial charge in [-0.15, -0.1) is 0 Å². The van der Waals surface area contributed by atoms with Gasteiger partial charge in [0.15, 0.2) is 0 Å². The Morgan fingerprint density at radius 2 is 1.89 bits per heavy atom. The Labute approximate surface area is 117 Å². The lowest BCUT2D eigenvalue weighted by Gasteiger charge is -2.38. The molecule has 19 heavy (non-hydrogen) atoms. The molecule has 0 radical (unpaired) electrons. The van der Waals surface area contributed by atoms with E-state index in [0.717, 1.165) is 13.1 Å². The molecule has 0 spiro atoms. The zero-order valence-corrected chi connectivity index (χ0v) is 12.6. The van der Waals surface area contributed by atoms with Gasteiger partial charge < -0.3 is 15.2 Å². The maximum Gasteiger partial charge on any atom is 0.0900 e. The summed E-state index contributed by atoms with van der Waals surface area (Å²) in [5.41, 5.74) is 0. The second kappa shape index (κ2) is 7.02. The number of piperidine rings is 1. The molecule has 0 aromatic carbocycles. The molecule has 4 nitrogen and oxygen atoms in total. The fourth-order valence-corrected chi connectivity index (χ4v) is 3.49. The average Bonchev–Trinajstić information content (AvgIpc) is 2.72. The lowest BCUT2D eigenvalue weighted by Crippen LogP contribution is -2.50. The molecule has 3 unspecified atom stereocenters. The van der Waals surface area contributed by atoms with E-state index in [0.29, 0.717) is 24.7 Å². The molecule has 2 bridgehead atoms. The summed E-state index contributed by atoms with van der Waals surface area (Å²) in [5, 5.41) is 13.8. The number of hydrogen-bond acceptors (Lipinski definition) is 4. The molecular formula is C15H30N2O2. The predicted octanol–water partition coefficient (Wildman–Crippen LogP) is 1.38. The summed E-state index contributed by atoms with van der Waals surface area (Å²) < 4.78 is 5.50. The molecule has 0 aliphatic carbocycles. The van der Waals surface area contributed by atoms with Crippen LogP contribution in [0.3, 0.4) is 0 Å². The van der Waals surface area contributed by atoms with Crippen LogP contribution in [0.25, 0.3) is 0 Å². The number of fused-ring (bicyclic) bond motifs is 2. The Balaban J connectivity index is 1.79. The van der Waals surface area contributed by atoms with Crippen molar-refractivity contribution in [2.75, 3.05) is 19.7 Å². The van der Waals surface area contributed by atoms with E-state index in [4.69, 9.17) is 4.74 Å². The zero-order valence-electron chi connectivity index (χ0n) is 12.6. The molecule has 0 amide bonds. The molecule has 0 aromatic heterocycles. The Bertz CT molecular complexity index is 261. The second-order valence-corrected chi connectivity index (χ2v) is 6.39. The highest BCUT2D eigenvalue weighted by atomic mass is 16.5. The summed E-state index contributed by atoms with van der Waals surface area (Å²) in [7, 11) is 0. The first-order chi connectivity index (χ1) is 9.08. The molecule has 2 heterocycles. The zero-order chi connectivity index (χ0) is 13.8.